The van der Waals surface area contributed by atoms with E-state index >= 15 is 0 Å². The molecule has 0 aliphatic carbocycles. The van der Waals surface area contributed by atoms with Crippen LogP contribution in [0.3, 0.4) is 0 Å². The Morgan fingerprint density at radius 1 is 0.750 bits per heavy atom. The quantitative estimate of drug-likeness (QED) is 0.448. The molecule has 0 rings (SSSR count). The molecule has 0 bridgehead atoms. The van der Waals surface area contributed by atoms with Gasteiger partial charge in [-0.1, -0.05) is 0 Å². The maximum absolute atomic E-state index is 4.90. The molecule has 2 radical (unpaired) electrons. The Labute approximate surface area is 83.3 Å². The second-order valence-corrected chi connectivity index (χ2v) is 0.577. The van der Waals surface area contributed by atoms with Gasteiger partial charge >= 0.3 is 34.1 Å². The molecule has 0 fully saturated rings. The minimum atomic E-state index is 0. The average molecular weight is 241 g/mol. The Morgan fingerprint density at radius 3 is 0.875 bits per heavy atom. The summed E-state index contributed by atoms with van der Waals surface area (Å²) in [5.41, 5.74) is 9.81. The van der Waals surface area contributed by atoms with E-state index in [0.29, 0.717) is 13.1 Å². The number of halogens is 2. The van der Waals surface area contributed by atoms with Gasteiger partial charge in [0, 0.05) is 13.1 Å². The van der Waals surface area contributed by atoms with Gasteiger partial charge in [0.15, 0.2) is 0 Å². The zero-order chi connectivity index (χ0) is 3.41. The van der Waals surface area contributed by atoms with Crippen molar-refractivity contribution in [2.45, 2.75) is 0 Å². The van der Waals surface area contributed by atoms with Crippen LogP contribution in [0.2, 0.25) is 0 Å². The molecule has 0 heterocycles. The molecular formula is C2H8Cl2Mn2N2+2. The normalized spacial score (nSPS) is 3.75. The maximum atomic E-state index is 4.90. The van der Waals surface area contributed by atoms with Crippen LogP contribution in [0, 0.1) is 0 Å². The van der Waals surface area contributed by atoms with Crippen molar-refractivity contribution in [1.82, 2.24) is 0 Å². The molecule has 4 N–H and O–H groups in total. The van der Waals surface area contributed by atoms with Crippen LogP contribution in [0.15, 0.2) is 0 Å². The van der Waals surface area contributed by atoms with Crippen LogP contribution in [0.25, 0.3) is 0 Å². The summed E-state index contributed by atoms with van der Waals surface area (Å²) >= 11 is 0. The fraction of sp³-hybridized carbons (Fsp3) is 1.00. The van der Waals surface area contributed by atoms with E-state index in [1.807, 2.05) is 0 Å². The third-order valence-corrected chi connectivity index (χ3v) is 0.167. The van der Waals surface area contributed by atoms with E-state index in [4.69, 9.17) is 11.5 Å². The Morgan fingerprint density at radius 2 is 0.875 bits per heavy atom. The van der Waals surface area contributed by atoms with Gasteiger partial charge in [-0.05, 0) is 0 Å². The van der Waals surface area contributed by atoms with Crippen molar-refractivity contribution in [1.29, 1.82) is 0 Å². The summed E-state index contributed by atoms with van der Waals surface area (Å²) in [6.45, 7) is 1.19. The number of hydrogen-bond acceptors (Lipinski definition) is 2. The van der Waals surface area contributed by atoms with E-state index in [-0.39, 0.29) is 59.0 Å². The van der Waals surface area contributed by atoms with Gasteiger partial charge in [0.1, 0.15) is 0 Å². The third-order valence-electron chi connectivity index (χ3n) is 0.167. The zero-order valence-electron chi connectivity index (χ0n) is 4.08. The number of hydrogen-bond donors (Lipinski definition) is 2. The Balaban J connectivity index is -0.00000000750. The van der Waals surface area contributed by atoms with Crippen molar-refractivity contribution >= 4 is 0 Å². The molecule has 8 heavy (non-hydrogen) atoms. The predicted molar refractivity (Wildman–Crippen MR) is 18.1 cm³/mol. The Bertz CT molecular complexity index is 18.0. The second-order valence-electron chi connectivity index (χ2n) is 0.577. The Hall–Kier alpha value is 1.54. The fourth-order valence-corrected chi connectivity index (χ4v) is 0. The van der Waals surface area contributed by atoms with Gasteiger partial charge in [-0.15, -0.1) is 0 Å². The summed E-state index contributed by atoms with van der Waals surface area (Å²) in [6.07, 6.45) is 0. The maximum Gasteiger partial charge on any atom is 2.00 e. The minimum absolute atomic E-state index is 0. The molecule has 2 nitrogen and oxygen atoms in total. The third kappa shape index (κ3) is 50.0. The second kappa shape index (κ2) is 38.8. The molecule has 52 valence electrons. The van der Waals surface area contributed by atoms with Gasteiger partial charge in [0.25, 0.3) is 0 Å². The summed E-state index contributed by atoms with van der Waals surface area (Å²) in [5.74, 6) is 0. The predicted octanol–water partition coefficient (Wildman–Crippen LogP) is -7.09. The van der Waals surface area contributed by atoms with E-state index < -0.39 is 0 Å². The van der Waals surface area contributed by atoms with Crippen LogP contribution in [-0.4, -0.2) is 13.1 Å². The molecule has 0 unspecified atom stereocenters. The van der Waals surface area contributed by atoms with Gasteiger partial charge in [0.2, 0.25) is 0 Å². The van der Waals surface area contributed by atoms with Gasteiger partial charge in [-0.25, -0.2) is 0 Å². The standard InChI is InChI=1S/C2H8N2.2ClH.2Mn/c3-1-2-4;;;;/h1-4H2;2*1H;;/q;;;2*+2/p-2. The fourth-order valence-electron chi connectivity index (χ4n) is 0. The molecule has 0 saturated carbocycles. The molecule has 0 spiro atoms. The summed E-state index contributed by atoms with van der Waals surface area (Å²) in [5, 5.41) is 0. The topological polar surface area (TPSA) is 52.0 Å². The largest absolute Gasteiger partial charge is 2.00 e. The van der Waals surface area contributed by atoms with E-state index in [9.17, 15) is 0 Å². The van der Waals surface area contributed by atoms with Crippen molar-refractivity contribution in [2.75, 3.05) is 13.1 Å². The van der Waals surface area contributed by atoms with Crippen LogP contribution in [0.4, 0.5) is 0 Å². The molecule has 0 aliphatic rings. The molecule has 0 amide bonds. The summed E-state index contributed by atoms with van der Waals surface area (Å²) in [4.78, 5) is 0. The van der Waals surface area contributed by atoms with E-state index in [1.165, 1.54) is 0 Å². The molecule has 0 aromatic carbocycles. The monoisotopic (exact) mass is 240 g/mol. The molecule has 6 heteroatoms. The van der Waals surface area contributed by atoms with Crippen LogP contribution in [-0.2, 0) is 34.1 Å². The molecule has 0 aliphatic heterocycles. The number of rotatable bonds is 1. The molecule has 0 atom stereocenters. The minimum Gasteiger partial charge on any atom is -1.00 e. The van der Waals surface area contributed by atoms with Crippen molar-refractivity contribution in [3.63, 3.8) is 0 Å². The smallest absolute Gasteiger partial charge is 1.00 e. The number of nitrogens with two attached hydrogens (primary N) is 2. The van der Waals surface area contributed by atoms with E-state index in [1.54, 1.807) is 0 Å². The summed E-state index contributed by atoms with van der Waals surface area (Å²) in [6, 6.07) is 0. The first kappa shape index (κ1) is 33.8. The van der Waals surface area contributed by atoms with Gasteiger partial charge in [-0.3, -0.25) is 0 Å². The molecule has 0 saturated heterocycles. The first-order valence-corrected chi connectivity index (χ1v) is 1.32. The van der Waals surface area contributed by atoms with Crippen molar-refractivity contribution in [3.8, 4) is 0 Å². The molecule has 0 aromatic rings. The van der Waals surface area contributed by atoms with Crippen LogP contribution in [0.5, 0.6) is 0 Å². The van der Waals surface area contributed by atoms with E-state index in [0.717, 1.165) is 0 Å². The van der Waals surface area contributed by atoms with Gasteiger partial charge in [0.05, 0.1) is 0 Å². The van der Waals surface area contributed by atoms with Crippen molar-refractivity contribution < 1.29 is 59.0 Å². The molecular weight excluding hydrogens is 233 g/mol. The van der Waals surface area contributed by atoms with Gasteiger partial charge in [-0.2, -0.15) is 0 Å². The van der Waals surface area contributed by atoms with Crippen LogP contribution >= 0.6 is 0 Å². The average Bonchev–Trinajstić information content (AvgIpc) is 1.37. The van der Waals surface area contributed by atoms with Crippen molar-refractivity contribution in [2.24, 2.45) is 11.5 Å². The SMILES string of the molecule is NCCN.[Cl-].[Cl-].[Mn+2].[Mn+2]. The first-order chi connectivity index (χ1) is 1.91. The summed E-state index contributed by atoms with van der Waals surface area (Å²) in [7, 11) is 0. The Kier molecular flexibility index (Phi) is 164. The van der Waals surface area contributed by atoms with Crippen LogP contribution in [0.1, 0.15) is 0 Å². The zero-order valence-corrected chi connectivity index (χ0v) is 7.95. The molecule has 0 aromatic heterocycles. The van der Waals surface area contributed by atoms with Crippen LogP contribution < -0.4 is 36.3 Å². The summed E-state index contributed by atoms with van der Waals surface area (Å²) < 4.78 is 0. The first-order valence-electron chi connectivity index (χ1n) is 1.32. The van der Waals surface area contributed by atoms with E-state index in [2.05, 4.69) is 0 Å². The van der Waals surface area contributed by atoms with Gasteiger partial charge < -0.3 is 36.3 Å². The van der Waals surface area contributed by atoms with Crippen molar-refractivity contribution in [3.05, 3.63) is 0 Å².